The van der Waals surface area contributed by atoms with Crippen molar-refractivity contribution in [3.63, 3.8) is 0 Å². The number of piperidine rings is 1. The molecule has 2 atom stereocenters. The van der Waals surface area contributed by atoms with Crippen molar-refractivity contribution in [2.45, 2.75) is 25.1 Å². The first kappa shape index (κ1) is 13.4. The summed E-state index contributed by atoms with van der Waals surface area (Å²) >= 11 is 0. The van der Waals surface area contributed by atoms with Gasteiger partial charge < -0.3 is 9.84 Å². The molecule has 1 aromatic rings. The standard InChI is InChI=1S/C14H14N2O5/c17-12-11-6-10(7-15(12)13(18)19)16(11)14(20)21-8-9-4-2-1-3-5-9/h1-5,10-11H,6-8H2,(H,18,19). The molecule has 3 saturated heterocycles. The van der Waals surface area contributed by atoms with Gasteiger partial charge in [0, 0.05) is 0 Å². The van der Waals surface area contributed by atoms with Gasteiger partial charge in [-0.2, -0.15) is 0 Å². The minimum absolute atomic E-state index is 0.0190. The number of hydrogen-bond acceptors (Lipinski definition) is 4. The molecular weight excluding hydrogens is 276 g/mol. The minimum atomic E-state index is -1.27. The second-order valence-corrected chi connectivity index (χ2v) is 5.08. The van der Waals surface area contributed by atoms with Crippen LogP contribution in [-0.4, -0.2) is 51.6 Å². The number of ether oxygens (including phenoxy) is 1. The van der Waals surface area contributed by atoms with Crippen molar-refractivity contribution in [1.29, 1.82) is 0 Å². The smallest absolute Gasteiger partial charge is 0.414 e. The number of imide groups is 1. The van der Waals surface area contributed by atoms with E-state index in [-0.39, 0.29) is 19.2 Å². The zero-order valence-corrected chi connectivity index (χ0v) is 11.1. The molecule has 4 rings (SSSR count). The predicted molar refractivity (Wildman–Crippen MR) is 70.4 cm³/mol. The summed E-state index contributed by atoms with van der Waals surface area (Å²) in [5.74, 6) is -0.554. The second kappa shape index (κ2) is 5.08. The first-order valence-corrected chi connectivity index (χ1v) is 6.61. The van der Waals surface area contributed by atoms with Gasteiger partial charge in [0.1, 0.15) is 12.6 Å². The van der Waals surface area contributed by atoms with E-state index < -0.39 is 24.1 Å². The van der Waals surface area contributed by atoms with Crippen molar-refractivity contribution in [1.82, 2.24) is 9.80 Å². The molecule has 0 spiro atoms. The summed E-state index contributed by atoms with van der Waals surface area (Å²) in [5, 5.41) is 8.89. The molecule has 110 valence electrons. The van der Waals surface area contributed by atoms with Gasteiger partial charge in [-0.15, -0.1) is 0 Å². The Kier molecular flexibility index (Phi) is 3.25. The number of fused-ring (bicyclic) bond motifs is 2. The maximum absolute atomic E-state index is 12.0. The third kappa shape index (κ3) is 2.31. The summed E-state index contributed by atoms with van der Waals surface area (Å²) < 4.78 is 5.18. The van der Waals surface area contributed by atoms with E-state index in [1.165, 1.54) is 4.90 Å². The van der Waals surface area contributed by atoms with E-state index in [0.29, 0.717) is 6.42 Å². The minimum Gasteiger partial charge on any atom is -0.465 e. The van der Waals surface area contributed by atoms with Gasteiger partial charge in [-0.3, -0.25) is 9.69 Å². The Hall–Kier alpha value is -2.57. The highest BCUT2D eigenvalue weighted by molar-refractivity contribution is 5.98. The fourth-order valence-electron chi connectivity index (χ4n) is 2.71. The van der Waals surface area contributed by atoms with Gasteiger partial charge in [0.05, 0.1) is 12.6 Å². The van der Waals surface area contributed by atoms with E-state index in [0.717, 1.165) is 10.5 Å². The van der Waals surface area contributed by atoms with Gasteiger partial charge in [0.2, 0.25) is 0 Å². The summed E-state index contributed by atoms with van der Waals surface area (Å²) in [4.78, 5) is 36.9. The highest BCUT2D eigenvalue weighted by Crippen LogP contribution is 2.33. The van der Waals surface area contributed by atoms with Crippen molar-refractivity contribution >= 4 is 18.1 Å². The largest absolute Gasteiger partial charge is 0.465 e. The molecule has 3 heterocycles. The van der Waals surface area contributed by atoms with Crippen LogP contribution in [0.2, 0.25) is 0 Å². The lowest BCUT2D eigenvalue weighted by Crippen LogP contribution is -2.73. The topological polar surface area (TPSA) is 87.2 Å². The summed E-state index contributed by atoms with van der Waals surface area (Å²) in [6.45, 7) is 0.150. The van der Waals surface area contributed by atoms with E-state index >= 15 is 0 Å². The Balaban J connectivity index is 1.60. The van der Waals surface area contributed by atoms with Gasteiger partial charge in [-0.1, -0.05) is 30.3 Å². The average Bonchev–Trinajstić information content (AvgIpc) is 2.45. The van der Waals surface area contributed by atoms with E-state index in [1.54, 1.807) is 0 Å². The van der Waals surface area contributed by atoms with Crippen molar-refractivity contribution in [2.75, 3.05) is 6.54 Å². The molecule has 2 unspecified atom stereocenters. The molecule has 3 amide bonds. The molecule has 0 aromatic heterocycles. The molecule has 1 N–H and O–H groups in total. The summed E-state index contributed by atoms with van der Waals surface area (Å²) in [6, 6.07) is 8.24. The van der Waals surface area contributed by atoms with Crippen molar-refractivity contribution in [3.05, 3.63) is 35.9 Å². The molecule has 0 saturated carbocycles. The highest BCUT2D eigenvalue weighted by atomic mass is 16.6. The van der Waals surface area contributed by atoms with Gasteiger partial charge >= 0.3 is 12.2 Å². The maximum atomic E-state index is 12.0. The van der Waals surface area contributed by atoms with Crippen LogP contribution in [0.5, 0.6) is 0 Å². The Bertz CT molecular complexity index is 588. The van der Waals surface area contributed by atoms with Crippen molar-refractivity contribution in [3.8, 4) is 0 Å². The number of carbonyl (C=O) groups is 3. The van der Waals surface area contributed by atoms with E-state index in [1.807, 2.05) is 30.3 Å². The summed E-state index contributed by atoms with van der Waals surface area (Å²) in [7, 11) is 0. The van der Waals surface area contributed by atoms with Crippen LogP contribution in [0.1, 0.15) is 12.0 Å². The third-order valence-corrected chi connectivity index (χ3v) is 3.82. The first-order chi connectivity index (χ1) is 10.1. The molecule has 7 heteroatoms. The van der Waals surface area contributed by atoms with E-state index in [2.05, 4.69) is 0 Å². The third-order valence-electron chi connectivity index (χ3n) is 3.82. The van der Waals surface area contributed by atoms with Crippen LogP contribution in [0.25, 0.3) is 0 Å². The number of benzene rings is 1. The van der Waals surface area contributed by atoms with Crippen LogP contribution in [0.4, 0.5) is 9.59 Å². The molecule has 3 fully saturated rings. The summed E-state index contributed by atoms with van der Waals surface area (Å²) in [5.41, 5.74) is 0.857. The fourth-order valence-corrected chi connectivity index (χ4v) is 2.71. The monoisotopic (exact) mass is 290 g/mol. The first-order valence-electron chi connectivity index (χ1n) is 6.61. The van der Waals surface area contributed by atoms with Gasteiger partial charge in [0.15, 0.2) is 0 Å². The lowest BCUT2D eigenvalue weighted by Gasteiger charge is -2.52. The number of hydrogen-bond donors (Lipinski definition) is 1. The van der Waals surface area contributed by atoms with Gasteiger partial charge in [-0.25, -0.2) is 14.5 Å². The zero-order chi connectivity index (χ0) is 15.0. The number of nitrogens with zero attached hydrogens (tertiary/aromatic N) is 2. The Morgan fingerprint density at radius 2 is 2.00 bits per heavy atom. The number of rotatable bonds is 2. The molecular formula is C14H14N2O5. The average molecular weight is 290 g/mol. The summed E-state index contributed by atoms with van der Waals surface area (Å²) in [6.07, 6.45) is -1.34. The Labute approximate surface area is 120 Å². The highest BCUT2D eigenvalue weighted by Gasteiger charge is 2.54. The number of amides is 3. The predicted octanol–water partition coefficient (Wildman–Crippen LogP) is 1.29. The lowest BCUT2D eigenvalue weighted by atomic mass is 9.87. The second-order valence-electron chi connectivity index (χ2n) is 5.08. The maximum Gasteiger partial charge on any atom is 0.414 e. The Morgan fingerprint density at radius 3 is 2.62 bits per heavy atom. The van der Waals surface area contributed by atoms with Crippen LogP contribution < -0.4 is 0 Å². The van der Waals surface area contributed by atoms with Gasteiger partial charge in [0.25, 0.3) is 5.91 Å². The quantitative estimate of drug-likeness (QED) is 0.886. The molecule has 1 aromatic carbocycles. The van der Waals surface area contributed by atoms with E-state index in [4.69, 9.17) is 9.84 Å². The number of piperazine rings is 1. The number of carboxylic acid groups (broad SMARTS) is 1. The normalized spacial score (nSPS) is 23.5. The number of carbonyl (C=O) groups excluding carboxylic acids is 2. The van der Waals surface area contributed by atoms with E-state index in [9.17, 15) is 14.4 Å². The molecule has 0 aliphatic carbocycles. The molecule has 3 aliphatic rings. The molecule has 0 radical (unpaired) electrons. The van der Waals surface area contributed by atoms with Crippen LogP contribution in [0.3, 0.4) is 0 Å². The van der Waals surface area contributed by atoms with Crippen LogP contribution >= 0.6 is 0 Å². The molecule has 3 aliphatic heterocycles. The lowest BCUT2D eigenvalue weighted by molar-refractivity contribution is -0.152. The fraction of sp³-hybridized carbons (Fsp3) is 0.357. The zero-order valence-electron chi connectivity index (χ0n) is 11.1. The van der Waals surface area contributed by atoms with Gasteiger partial charge in [-0.05, 0) is 12.0 Å². The van der Waals surface area contributed by atoms with Crippen LogP contribution in [-0.2, 0) is 16.1 Å². The molecule has 2 bridgehead atoms. The van der Waals surface area contributed by atoms with Crippen LogP contribution in [0, 0.1) is 0 Å². The van der Waals surface area contributed by atoms with Crippen LogP contribution in [0.15, 0.2) is 30.3 Å². The Morgan fingerprint density at radius 1 is 1.29 bits per heavy atom. The SMILES string of the molecule is O=C(O)N1CC2CC(C1=O)N2C(=O)OCc1ccccc1. The molecule has 7 nitrogen and oxygen atoms in total. The molecule has 21 heavy (non-hydrogen) atoms. The van der Waals surface area contributed by atoms with Crippen molar-refractivity contribution < 1.29 is 24.2 Å². The van der Waals surface area contributed by atoms with Crippen molar-refractivity contribution in [2.24, 2.45) is 0 Å².